The largest absolute Gasteiger partial charge is 0.491 e. The summed E-state index contributed by atoms with van der Waals surface area (Å²) in [6, 6.07) is 14.6. The van der Waals surface area contributed by atoms with Gasteiger partial charge in [-0.1, -0.05) is 23.7 Å². The van der Waals surface area contributed by atoms with Gasteiger partial charge < -0.3 is 14.8 Å². The molecule has 1 N–H and O–H groups in total. The van der Waals surface area contributed by atoms with Crippen LogP contribution in [0, 0.1) is 0 Å². The SMILES string of the molecule is O=C(/C=C/c1ccc(Cl)cc1)Nc1ccc(OCC2CCCO2)cc1. The zero-order valence-electron chi connectivity index (χ0n) is 13.8. The van der Waals surface area contributed by atoms with Crippen molar-refractivity contribution in [1.29, 1.82) is 0 Å². The summed E-state index contributed by atoms with van der Waals surface area (Å²) in [5.41, 5.74) is 1.63. The van der Waals surface area contributed by atoms with E-state index in [0.29, 0.717) is 11.6 Å². The highest BCUT2D eigenvalue weighted by molar-refractivity contribution is 6.30. The first-order chi connectivity index (χ1) is 12.2. The van der Waals surface area contributed by atoms with Crippen LogP contribution in [0.25, 0.3) is 6.08 Å². The summed E-state index contributed by atoms with van der Waals surface area (Å²) < 4.78 is 11.2. The summed E-state index contributed by atoms with van der Waals surface area (Å²) in [6.07, 6.45) is 5.57. The Morgan fingerprint density at radius 3 is 2.64 bits per heavy atom. The van der Waals surface area contributed by atoms with Crippen LogP contribution in [0.1, 0.15) is 18.4 Å². The maximum absolute atomic E-state index is 12.0. The molecular weight excluding hydrogens is 338 g/mol. The molecule has 2 aromatic carbocycles. The number of anilines is 1. The number of carbonyl (C=O) groups is 1. The number of carbonyl (C=O) groups excluding carboxylic acids is 1. The summed E-state index contributed by atoms with van der Waals surface area (Å²) >= 11 is 5.83. The number of halogens is 1. The van der Waals surface area contributed by atoms with E-state index in [1.54, 1.807) is 18.2 Å². The number of amides is 1. The van der Waals surface area contributed by atoms with Gasteiger partial charge in [-0.25, -0.2) is 0 Å². The Bertz CT molecular complexity index is 720. The van der Waals surface area contributed by atoms with Crippen LogP contribution >= 0.6 is 11.6 Å². The van der Waals surface area contributed by atoms with E-state index in [1.807, 2.05) is 36.4 Å². The third-order valence-corrected chi connectivity index (χ3v) is 4.13. The Morgan fingerprint density at radius 1 is 1.20 bits per heavy atom. The van der Waals surface area contributed by atoms with Crippen molar-refractivity contribution in [2.75, 3.05) is 18.5 Å². The van der Waals surface area contributed by atoms with E-state index in [9.17, 15) is 4.79 Å². The van der Waals surface area contributed by atoms with Gasteiger partial charge in [0.25, 0.3) is 0 Å². The van der Waals surface area contributed by atoms with E-state index in [1.165, 1.54) is 6.08 Å². The van der Waals surface area contributed by atoms with Gasteiger partial charge in [0.2, 0.25) is 5.91 Å². The van der Waals surface area contributed by atoms with E-state index < -0.39 is 0 Å². The number of ether oxygens (including phenoxy) is 2. The quantitative estimate of drug-likeness (QED) is 0.771. The zero-order chi connectivity index (χ0) is 17.5. The minimum Gasteiger partial charge on any atom is -0.491 e. The molecule has 1 unspecified atom stereocenters. The molecule has 25 heavy (non-hydrogen) atoms. The van der Waals surface area contributed by atoms with E-state index in [0.717, 1.165) is 36.4 Å². The van der Waals surface area contributed by atoms with Crippen molar-refractivity contribution in [2.45, 2.75) is 18.9 Å². The summed E-state index contributed by atoms with van der Waals surface area (Å²) in [5, 5.41) is 3.49. The second kappa shape index (κ2) is 8.70. The Labute approximate surface area is 152 Å². The predicted octanol–water partition coefficient (Wildman–Crippen LogP) is 4.55. The van der Waals surface area contributed by atoms with Crippen LogP contribution in [0.3, 0.4) is 0 Å². The van der Waals surface area contributed by atoms with Gasteiger partial charge in [-0.15, -0.1) is 0 Å². The molecule has 1 amide bonds. The van der Waals surface area contributed by atoms with Crippen LogP contribution in [0.5, 0.6) is 5.75 Å². The molecule has 0 saturated carbocycles. The Hall–Kier alpha value is -2.30. The van der Waals surface area contributed by atoms with Crippen molar-refractivity contribution >= 4 is 29.3 Å². The van der Waals surface area contributed by atoms with Gasteiger partial charge in [0.1, 0.15) is 12.4 Å². The Morgan fingerprint density at radius 2 is 1.96 bits per heavy atom. The van der Waals surface area contributed by atoms with Crippen molar-refractivity contribution in [2.24, 2.45) is 0 Å². The molecule has 1 saturated heterocycles. The molecule has 1 fully saturated rings. The van der Waals surface area contributed by atoms with E-state index in [4.69, 9.17) is 21.1 Å². The van der Waals surface area contributed by atoms with E-state index >= 15 is 0 Å². The van der Waals surface area contributed by atoms with Gasteiger partial charge in [0.15, 0.2) is 0 Å². The first-order valence-electron chi connectivity index (χ1n) is 8.28. The Kier molecular flexibility index (Phi) is 6.09. The van der Waals surface area contributed by atoms with Crippen molar-refractivity contribution in [1.82, 2.24) is 0 Å². The van der Waals surface area contributed by atoms with Crippen LogP contribution in [0.15, 0.2) is 54.6 Å². The third kappa shape index (κ3) is 5.62. The molecule has 4 nitrogen and oxygen atoms in total. The standard InChI is InChI=1S/C20H20ClNO3/c21-16-6-3-15(4-7-16)5-12-20(23)22-17-8-10-18(11-9-17)25-14-19-2-1-13-24-19/h3-12,19H,1-2,13-14H2,(H,22,23)/b12-5+. The lowest BCUT2D eigenvalue weighted by molar-refractivity contribution is -0.111. The maximum Gasteiger partial charge on any atom is 0.248 e. The maximum atomic E-state index is 12.0. The number of hydrogen-bond acceptors (Lipinski definition) is 3. The highest BCUT2D eigenvalue weighted by Gasteiger charge is 2.15. The minimum atomic E-state index is -0.192. The highest BCUT2D eigenvalue weighted by Crippen LogP contribution is 2.18. The summed E-state index contributed by atoms with van der Waals surface area (Å²) in [7, 11) is 0. The first-order valence-corrected chi connectivity index (χ1v) is 8.66. The second-order valence-electron chi connectivity index (χ2n) is 5.84. The number of benzene rings is 2. The monoisotopic (exact) mass is 357 g/mol. The van der Waals surface area contributed by atoms with Gasteiger partial charge in [-0.05, 0) is 60.9 Å². The van der Waals surface area contributed by atoms with Crippen molar-refractivity contribution < 1.29 is 14.3 Å². The Balaban J connectivity index is 1.48. The topological polar surface area (TPSA) is 47.6 Å². The first kappa shape index (κ1) is 17.5. The van der Waals surface area contributed by atoms with Gasteiger partial charge in [0, 0.05) is 23.4 Å². The number of hydrogen-bond donors (Lipinski definition) is 1. The minimum absolute atomic E-state index is 0.192. The highest BCUT2D eigenvalue weighted by atomic mass is 35.5. The molecule has 0 bridgehead atoms. The third-order valence-electron chi connectivity index (χ3n) is 3.88. The van der Waals surface area contributed by atoms with Gasteiger partial charge in [0.05, 0.1) is 6.10 Å². The predicted molar refractivity (Wildman–Crippen MR) is 100 cm³/mol. The van der Waals surface area contributed by atoms with E-state index in [-0.39, 0.29) is 12.0 Å². The van der Waals surface area contributed by atoms with Crippen LogP contribution in [0.4, 0.5) is 5.69 Å². The molecule has 2 aromatic rings. The molecule has 5 heteroatoms. The fourth-order valence-corrected chi connectivity index (χ4v) is 2.66. The summed E-state index contributed by atoms with van der Waals surface area (Å²) in [4.78, 5) is 12.0. The van der Waals surface area contributed by atoms with Crippen LogP contribution in [-0.2, 0) is 9.53 Å². The molecule has 0 spiro atoms. The molecule has 1 heterocycles. The molecule has 1 aliphatic heterocycles. The lowest BCUT2D eigenvalue weighted by atomic mass is 10.2. The molecule has 0 aliphatic carbocycles. The van der Waals surface area contributed by atoms with Gasteiger partial charge in [-0.2, -0.15) is 0 Å². The number of nitrogens with one attached hydrogen (secondary N) is 1. The van der Waals surface area contributed by atoms with Crippen LogP contribution in [0.2, 0.25) is 5.02 Å². The summed E-state index contributed by atoms with van der Waals surface area (Å²) in [5.74, 6) is 0.577. The summed E-state index contributed by atoms with van der Waals surface area (Å²) in [6.45, 7) is 1.39. The molecular formula is C20H20ClNO3. The van der Waals surface area contributed by atoms with Crippen LogP contribution < -0.4 is 10.1 Å². The van der Waals surface area contributed by atoms with Gasteiger partial charge in [-0.3, -0.25) is 4.79 Å². The molecule has 0 aromatic heterocycles. The number of rotatable bonds is 6. The van der Waals surface area contributed by atoms with Crippen LogP contribution in [-0.4, -0.2) is 25.2 Å². The van der Waals surface area contributed by atoms with E-state index in [2.05, 4.69) is 5.32 Å². The fraction of sp³-hybridized carbons (Fsp3) is 0.250. The molecule has 3 rings (SSSR count). The normalized spacial score (nSPS) is 16.9. The van der Waals surface area contributed by atoms with Crippen molar-refractivity contribution in [3.63, 3.8) is 0 Å². The van der Waals surface area contributed by atoms with Crippen molar-refractivity contribution in [3.8, 4) is 5.75 Å². The molecule has 1 aliphatic rings. The lowest BCUT2D eigenvalue weighted by Gasteiger charge is -2.11. The van der Waals surface area contributed by atoms with Crippen molar-refractivity contribution in [3.05, 3.63) is 65.2 Å². The lowest BCUT2D eigenvalue weighted by Crippen LogP contribution is -2.16. The zero-order valence-corrected chi connectivity index (χ0v) is 14.5. The smallest absolute Gasteiger partial charge is 0.248 e. The second-order valence-corrected chi connectivity index (χ2v) is 6.28. The van der Waals surface area contributed by atoms with Gasteiger partial charge >= 0.3 is 0 Å². The molecule has 0 radical (unpaired) electrons. The molecule has 1 atom stereocenters. The molecule has 130 valence electrons. The average molecular weight is 358 g/mol. The average Bonchev–Trinajstić information content (AvgIpc) is 3.14. The fourth-order valence-electron chi connectivity index (χ4n) is 2.53.